The molecule has 5 aromatic rings. The number of aromatic nitrogens is 2. The molecule has 2 aromatic heterocycles. The largest absolute Gasteiger partial charge is 0.306 e. The van der Waals surface area contributed by atoms with Crippen molar-refractivity contribution in [2.75, 3.05) is 18.0 Å². The van der Waals surface area contributed by atoms with Gasteiger partial charge in [-0.3, -0.25) is 19.3 Å². The summed E-state index contributed by atoms with van der Waals surface area (Å²) < 4.78 is 1.87. The molecule has 0 saturated heterocycles. The van der Waals surface area contributed by atoms with Gasteiger partial charge in [0.25, 0.3) is 17.7 Å². The highest BCUT2D eigenvalue weighted by atomic mass is 32.1. The highest BCUT2D eigenvalue weighted by Crippen LogP contribution is 2.33. The minimum Gasteiger partial charge on any atom is -0.306 e. The van der Waals surface area contributed by atoms with Gasteiger partial charge in [0.1, 0.15) is 4.83 Å². The fraction of sp³-hybridized carbons (Fsp3) is 0.212. The molecule has 206 valence electrons. The number of hydrogen-bond acceptors (Lipinski definition) is 5. The number of thiophene rings is 1. The Morgan fingerprint density at radius 2 is 1.49 bits per heavy atom. The van der Waals surface area contributed by atoms with Crippen LogP contribution in [0.25, 0.3) is 15.9 Å². The zero-order valence-corrected chi connectivity index (χ0v) is 24.2. The molecule has 3 aromatic carbocycles. The van der Waals surface area contributed by atoms with E-state index < -0.39 is 0 Å². The highest BCUT2D eigenvalue weighted by molar-refractivity contribution is 7.20. The molecule has 0 aliphatic carbocycles. The Labute approximate surface area is 242 Å². The maximum absolute atomic E-state index is 14.2. The number of carbonyl (C=O) groups excluding carboxylic acids is 3. The predicted molar refractivity (Wildman–Crippen MR) is 162 cm³/mol. The van der Waals surface area contributed by atoms with Crippen LogP contribution in [0.2, 0.25) is 0 Å². The molecular weight excluding hydrogens is 532 g/mol. The molecule has 8 heteroatoms. The number of amides is 3. The van der Waals surface area contributed by atoms with Crippen LogP contribution in [-0.4, -0.2) is 45.5 Å². The van der Waals surface area contributed by atoms with E-state index >= 15 is 0 Å². The maximum atomic E-state index is 14.2. The van der Waals surface area contributed by atoms with E-state index in [9.17, 15) is 14.4 Å². The number of anilines is 1. The third kappa shape index (κ3) is 4.74. The van der Waals surface area contributed by atoms with Crippen molar-refractivity contribution in [3.05, 3.63) is 112 Å². The van der Waals surface area contributed by atoms with E-state index in [0.717, 1.165) is 27.2 Å². The molecule has 0 unspecified atom stereocenters. The second kappa shape index (κ2) is 10.1. The van der Waals surface area contributed by atoms with Crippen LogP contribution >= 0.6 is 11.3 Å². The minimum atomic E-state index is -0.332. The van der Waals surface area contributed by atoms with Crippen molar-refractivity contribution >= 4 is 45.0 Å². The number of aryl methyl sites for hydroxylation is 1. The second-order valence-corrected chi connectivity index (χ2v) is 12.3. The van der Waals surface area contributed by atoms with Crippen LogP contribution in [0.1, 0.15) is 62.4 Å². The molecule has 1 aliphatic rings. The molecule has 0 saturated carbocycles. The van der Waals surface area contributed by atoms with Crippen LogP contribution in [0.4, 0.5) is 5.69 Å². The fourth-order valence-electron chi connectivity index (χ4n) is 5.16. The van der Waals surface area contributed by atoms with Gasteiger partial charge in [0.05, 0.1) is 27.4 Å². The molecule has 3 heterocycles. The molecular formula is C33H30N4O3S. The Balaban J connectivity index is 1.35. The van der Waals surface area contributed by atoms with Crippen LogP contribution in [-0.2, 0) is 5.41 Å². The Kier molecular flexibility index (Phi) is 6.58. The average Bonchev–Trinajstić information content (AvgIpc) is 3.61. The van der Waals surface area contributed by atoms with Gasteiger partial charge in [0, 0.05) is 24.2 Å². The standard InChI is InChI=1S/C33H30N4O3S/c1-21-27-20-28(41-32(27)37(34-21)24-10-6-5-7-11-24)31(40)35(23-16-14-22(15-17-23)33(2,3)4)18-19-36-29(38)25-12-8-9-13-26(25)30(36)39/h5-17,20H,18-19H2,1-4H3. The Morgan fingerprint density at radius 3 is 2.10 bits per heavy atom. The van der Waals surface area contributed by atoms with Crippen molar-refractivity contribution in [3.63, 3.8) is 0 Å². The Hall–Kier alpha value is -4.56. The van der Waals surface area contributed by atoms with Crippen molar-refractivity contribution in [1.82, 2.24) is 14.7 Å². The SMILES string of the molecule is Cc1nn(-c2ccccc2)c2sc(C(=O)N(CCN3C(=O)c4ccccc4C3=O)c3ccc(C(C)(C)C)cc3)cc12. The van der Waals surface area contributed by atoms with Gasteiger partial charge in [-0.1, -0.05) is 63.2 Å². The summed E-state index contributed by atoms with van der Waals surface area (Å²) in [5.74, 6) is -0.853. The van der Waals surface area contributed by atoms with Gasteiger partial charge in [-0.25, -0.2) is 4.68 Å². The van der Waals surface area contributed by atoms with Crippen molar-refractivity contribution in [2.45, 2.75) is 33.1 Å². The lowest BCUT2D eigenvalue weighted by Crippen LogP contribution is -2.41. The summed E-state index contributed by atoms with van der Waals surface area (Å²) in [6.45, 7) is 8.61. The first kappa shape index (κ1) is 26.7. The molecule has 7 nitrogen and oxygen atoms in total. The van der Waals surface area contributed by atoms with Crippen LogP contribution < -0.4 is 4.90 Å². The van der Waals surface area contributed by atoms with Gasteiger partial charge in [-0.2, -0.15) is 5.10 Å². The Bertz CT molecular complexity index is 1760. The van der Waals surface area contributed by atoms with Crippen LogP contribution in [0.15, 0.2) is 84.9 Å². The molecule has 0 bridgehead atoms. The smallest absolute Gasteiger partial charge is 0.268 e. The highest BCUT2D eigenvalue weighted by Gasteiger charge is 2.35. The number of nitrogens with zero attached hydrogens (tertiary/aromatic N) is 4. The van der Waals surface area contributed by atoms with Crippen LogP contribution in [0.3, 0.4) is 0 Å². The maximum Gasteiger partial charge on any atom is 0.268 e. The van der Waals surface area contributed by atoms with Crippen LogP contribution in [0.5, 0.6) is 0 Å². The van der Waals surface area contributed by atoms with Gasteiger partial charge < -0.3 is 4.90 Å². The quantitative estimate of drug-likeness (QED) is 0.218. The second-order valence-electron chi connectivity index (χ2n) is 11.2. The van der Waals surface area contributed by atoms with Gasteiger partial charge in [0.2, 0.25) is 0 Å². The number of fused-ring (bicyclic) bond motifs is 2. The lowest BCUT2D eigenvalue weighted by molar-refractivity contribution is 0.0654. The minimum absolute atomic E-state index is 0.0418. The van der Waals surface area contributed by atoms with Crippen molar-refractivity contribution in [3.8, 4) is 5.69 Å². The topological polar surface area (TPSA) is 75.5 Å². The molecule has 0 fully saturated rings. The van der Waals surface area contributed by atoms with E-state index in [0.29, 0.717) is 21.7 Å². The van der Waals surface area contributed by atoms with Gasteiger partial charge in [-0.05, 0) is 60.4 Å². The molecule has 0 radical (unpaired) electrons. The summed E-state index contributed by atoms with van der Waals surface area (Å²) in [6.07, 6.45) is 0. The zero-order valence-electron chi connectivity index (χ0n) is 23.4. The van der Waals surface area contributed by atoms with E-state index in [1.54, 1.807) is 29.2 Å². The summed E-state index contributed by atoms with van der Waals surface area (Å²) >= 11 is 1.39. The number of imide groups is 1. The van der Waals surface area contributed by atoms with Gasteiger partial charge in [0.15, 0.2) is 0 Å². The molecule has 0 atom stereocenters. The fourth-order valence-corrected chi connectivity index (χ4v) is 6.29. The van der Waals surface area contributed by atoms with Crippen LogP contribution in [0, 0.1) is 6.92 Å². The Morgan fingerprint density at radius 1 is 0.878 bits per heavy atom. The molecule has 41 heavy (non-hydrogen) atoms. The first-order valence-corrected chi connectivity index (χ1v) is 14.4. The molecule has 3 amide bonds. The first-order valence-electron chi connectivity index (χ1n) is 13.6. The van der Waals surface area contributed by atoms with Crippen molar-refractivity contribution in [1.29, 1.82) is 0 Å². The lowest BCUT2D eigenvalue weighted by atomic mass is 9.87. The number of para-hydroxylation sites is 1. The van der Waals surface area contributed by atoms with E-state index in [4.69, 9.17) is 5.10 Å². The lowest BCUT2D eigenvalue weighted by Gasteiger charge is -2.26. The normalized spacial score (nSPS) is 13.2. The number of benzene rings is 3. The average molecular weight is 563 g/mol. The zero-order chi connectivity index (χ0) is 28.9. The summed E-state index contributed by atoms with van der Waals surface area (Å²) in [7, 11) is 0. The van der Waals surface area contributed by atoms with Gasteiger partial charge in [-0.15, -0.1) is 11.3 Å². The summed E-state index contributed by atoms with van der Waals surface area (Å²) in [5, 5.41) is 5.62. The first-order chi connectivity index (χ1) is 19.6. The molecule has 0 N–H and O–H groups in total. The molecule has 0 spiro atoms. The summed E-state index contributed by atoms with van der Waals surface area (Å²) in [5.41, 5.74) is 4.37. The predicted octanol–water partition coefficient (Wildman–Crippen LogP) is 6.64. The van der Waals surface area contributed by atoms with Gasteiger partial charge >= 0.3 is 0 Å². The third-order valence-electron chi connectivity index (χ3n) is 7.47. The number of hydrogen-bond donors (Lipinski definition) is 0. The van der Waals surface area contributed by atoms with E-state index in [2.05, 4.69) is 20.8 Å². The summed E-state index contributed by atoms with van der Waals surface area (Å²) in [4.78, 5) is 44.6. The summed E-state index contributed by atoms with van der Waals surface area (Å²) in [6, 6.07) is 26.5. The van der Waals surface area contributed by atoms with E-state index in [-0.39, 0.29) is 36.2 Å². The van der Waals surface area contributed by atoms with Crippen molar-refractivity contribution in [2.24, 2.45) is 0 Å². The van der Waals surface area contributed by atoms with E-state index in [1.807, 2.05) is 72.3 Å². The molecule has 6 rings (SSSR count). The number of rotatable bonds is 6. The third-order valence-corrected chi connectivity index (χ3v) is 8.57. The van der Waals surface area contributed by atoms with Crippen molar-refractivity contribution < 1.29 is 14.4 Å². The monoisotopic (exact) mass is 562 g/mol. The number of carbonyl (C=O) groups is 3. The molecule has 1 aliphatic heterocycles. The van der Waals surface area contributed by atoms with E-state index in [1.165, 1.54) is 16.2 Å².